The first kappa shape index (κ1) is 11.9. The highest BCUT2D eigenvalue weighted by molar-refractivity contribution is 5.93. The number of para-hydroxylation sites is 1. The zero-order valence-electron chi connectivity index (χ0n) is 9.58. The van der Waals surface area contributed by atoms with Crippen LogP contribution in [0.25, 0.3) is 12.2 Å². The molecule has 0 radical (unpaired) electrons. The molecule has 0 bridgehead atoms. The highest BCUT2D eigenvalue weighted by Crippen LogP contribution is 2.19. The minimum absolute atomic E-state index is 0.168. The van der Waals surface area contributed by atoms with Crippen LogP contribution in [-0.2, 0) is 0 Å². The number of phenols is 1. The summed E-state index contributed by atoms with van der Waals surface area (Å²) in [6.07, 6.45) is 3.37. The molecule has 3 nitrogen and oxygen atoms in total. The molecule has 0 saturated carbocycles. The number of hydrogen-bond donors (Lipinski definition) is 2. The van der Waals surface area contributed by atoms with Crippen LogP contribution >= 0.6 is 0 Å². The summed E-state index contributed by atoms with van der Waals surface area (Å²) in [6, 6.07) is 13.6. The number of aromatic carboxylic acids is 1. The van der Waals surface area contributed by atoms with Crippen LogP contribution in [0.1, 0.15) is 21.5 Å². The zero-order valence-corrected chi connectivity index (χ0v) is 9.58. The molecule has 3 heteroatoms. The van der Waals surface area contributed by atoms with Crippen LogP contribution in [0.15, 0.2) is 48.5 Å². The largest absolute Gasteiger partial charge is 0.507 e. The zero-order chi connectivity index (χ0) is 13.0. The summed E-state index contributed by atoms with van der Waals surface area (Å²) < 4.78 is 0. The van der Waals surface area contributed by atoms with Gasteiger partial charge in [-0.25, -0.2) is 4.79 Å². The molecule has 2 aromatic rings. The minimum atomic E-state index is -0.965. The standard InChI is InChI=1S/C15H12O3/c16-14-8-4-2-6-12(14)10-9-11-5-1-3-7-13(11)15(17)18/h1-10,16H,(H,17,18)/b10-9+. The van der Waals surface area contributed by atoms with E-state index in [0.717, 1.165) is 0 Å². The molecule has 90 valence electrons. The molecule has 0 amide bonds. The van der Waals surface area contributed by atoms with Crippen LogP contribution in [0.4, 0.5) is 0 Å². The average molecular weight is 240 g/mol. The maximum absolute atomic E-state index is 11.0. The van der Waals surface area contributed by atoms with Gasteiger partial charge in [0.15, 0.2) is 0 Å². The lowest BCUT2D eigenvalue weighted by Gasteiger charge is -2.01. The fourth-order valence-corrected chi connectivity index (χ4v) is 1.65. The van der Waals surface area contributed by atoms with Gasteiger partial charge in [-0.2, -0.15) is 0 Å². The number of benzene rings is 2. The third kappa shape index (κ3) is 2.58. The summed E-state index contributed by atoms with van der Waals surface area (Å²) in [5, 5.41) is 18.6. The normalized spacial score (nSPS) is 10.7. The highest BCUT2D eigenvalue weighted by Gasteiger charge is 2.06. The van der Waals surface area contributed by atoms with Crippen LogP contribution in [0.5, 0.6) is 5.75 Å². The number of hydrogen-bond acceptors (Lipinski definition) is 2. The third-order valence-corrected chi connectivity index (χ3v) is 2.57. The van der Waals surface area contributed by atoms with E-state index in [9.17, 15) is 9.90 Å². The number of carbonyl (C=O) groups is 1. The lowest BCUT2D eigenvalue weighted by atomic mass is 10.1. The molecule has 0 aliphatic carbocycles. The molecular formula is C15H12O3. The van der Waals surface area contributed by atoms with Gasteiger partial charge in [-0.05, 0) is 17.7 Å². The summed E-state index contributed by atoms with van der Waals surface area (Å²) in [5.41, 5.74) is 1.50. The first-order valence-electron chi connectivity index (χ1n) is 5.47. The van der Waals surface area contributed by atoms with Crippen LogP contribution in [0, 0.1) is 0 Å². The Morgan fingerprint density at radius 1 is 0.889 bits per heavy atom. The van der Waals surface area contributed by atoms with Crippen molar-refractivity contribution in [3.8, 4) is 5.75 Å². The second kappa shape index (κ2) is 5.19. The van der Waals surface area contributed by atoms with E-state index >= 15 is 0 Å². The van der Waals surface area contributed by atoms with E-state index in [1.807, 2.05) is 6.07 Å². The van der Waals surface area contributed by atoms with Crippen molar-refractivity contribution in [3.63, 3.8) is 0 Å². The predicted molar refractivity (Wildman–Crippen MR) is 70.4 cm³/mol. The van der Waals surface area contributed by atoms with Gasteiger partial charge >= 0.3 is 5.97 Å². The van der Waals surface area contributed by atoms with E-state index in [2.05, 4.69) is 0 Å². The maximum Gasteiger partial charge on any atom is 0.336 e. The quantitative estimate of drug-likeness (QED) is 0.809. The topological polar surface area (TPSA) is 57.5 Å². The molecule has 0 saturated heterocycles. The van der Waals surface area contributed by atoms with Crippen molar-refractivity contribution in [2.24, 2.45) is 0 Å². The van der Waals surface area contributed by atoms with Crippen LogP contribution in [-0.4, -0.2) is 16.2 Å². The summed E-state index contributed by atoms with van der Waals surface area (Å²) in [4.78, 5) is 11.0. The Bertz CT molecular complexity index is 600. The van der Waals surface area contributed by atoms with Gasteiger partial charge in [0.1, 0.15) is 5.75 Å². The Labute approximate surface area is 105 Å². The lowest BCUT2D eigenvalue weighted by Crippen LogP contribution is -1.98. The van der Waals surface area contributed by atoms with Crippen LogP contribution in [0.2, 0.25) is 0 Å². The summed E-state index contributed by atoms with van der Waals surface area (Å²) in [5.74, 6) is -0.797. The Morgan fingerprint density at radius 3 is 2.11 bits per heavy atom. The third-order valence-electron chi connectivity index (χ3n) is 2.57. The smallest absolute Gasteiger partial charge is 0.336 e. The van der Waals surface area contributed by atoms with Crippen molar-refractivity contribution in [1.29, 1.82) is 0 Å². The fraction of sp³-hybridized carbons (Fsp3) is 0. The molecule has 0 aromatic heterocycles. The van der Waals surface area contributed by atoms with Gasteiger partial charge < -0.3 is 10.2 Å². The van der Waals surface area contributed by atoms with Gasteiger partial charge in [0.05, 0.1) is 5.56 Å². The second-order valence-corrected chi connectivity index (χ2v) is 3.78. The Hall–Kier alpha value is -2.55. The molecule has 0 aliphatic rings. The van der Waals surface area contributed by atoms with Crippen molar-refractivity contribution < 1.29 is 15.0 Å². The molecule has 0 heterocycles. The maximum atomic E-state index is 11.0. The van der Waals surface area contributed by atoms with Crippen molar-refractivity contribution in [1.82, 2.24) is 0 Å². The van der Waals surface area contributed by atoms with E-state index in [-0.39, 0.29) is 11.3 Å². The SMILES string of the molecule is O=C(O)c1ccccc1/C=C/c1ccccc1O. The first-order chi connectivity index (χ1) is 8.68. The Kier molecular flexibility index (Phi) is 3.44. The van der Waals surface area contributed by atoms with Gasteiger partial charge in [0, 0.05) is 5.56 Å². The first-order valence-corrected chi connectivity index (χ1v) is 5.47. The van der Waals surface area contributed by atoms with Crippen molar-refractivity contribution in [3.05, 3.63) is 65.2 Å². The van der Waals surface area contributed by atoms with Crippen molar-refractivity contribution in [2.45, 2.75) is 0 Å². The van der Waals surface area contributed by atoms with E-state index in [4.69, 9.17) is 5.11 Å². The summed E-state index contributed by atoms with van der Waals surface area (Å²) in [6.45, 7) is 0. The summed E-state index contributed by atoms with van der Waals surface area (Å²) >= 11 is 0. The minimum Gasteiger partial charge on any atom is -0.507 e. The monoisotopic (exact) mass is 240 g/mol. The summed E-state index contributed by atoms with van der Waals surface area (Å²) in [7, 11) is 0. The van der Waals surface area contributed by atoms with Gasteiger partial charge in [0.25, 0.3) is 0 Å². The van der Waals surface area contributed by atoms with Crippen molar-refractivity contribution in [2.75, 3.05) is 0 Å². The second-order valence-electron chi connectivity index (χ2n) is 3.78. The van der Waals surface area contributed by atoms with Gasteiger partial charge in [-0.15, -0.1) is 0 Å². The number of aromatic hydroxyl groups is 1. The molecule has 0 unspecified atom stereocenters. The van der Waals surface area contributed by atoms with E-state index in [1.54, 1.807) is 54.6 Å². The highest BCUT2D eigenvalue weighted by atomic mass is 16.4. The molecule has 0 fully saturated rings. The molecule has 2 rings (SSSR count). The molecule has 0 spiro atoms. The molecule has 2 aromatic carbocycles. The molecule has 18 heavy (non-hydrogen) atoms. The van der Waals surface area contributed by atoms with Gasteiger partial charge in [-0.3, -0.25) is 0 Å². The Morgan fingerprint density at radius 2 is 1.44 bits per heavy atom. The number of carboxylic acids is 1. The van der Waals surface area contributed by atoms with Crippen LogP contribution < -0.4 is 0 Å². The number of phenolic OH excluding ortho intramolecular Hbond substituents is 1. The lowest BCUT2D eigenvalue weighted by molar-refractivity contribution is 0.0696. The number of rotatable bonds is 3. The van der Waals surface area contributed by atoms with E-state index < -0.39 is 5.97 Å². The van der Waals surface area contributed by atoms with Gasteiger partial charge in [-0.1, -0.05) is 48.6 Å². The van der Waals surface area contributed by atoms with E-state index in [0.29, 0.717) is 11.1 Å². The van der Waals surface area contributed by atoms with Crippen molar-refractivity contribution >= 4 is 18.1 Å². The number of carboxylic acid groups (broad SMARTS) is 1. The predicted octanol–water partition coefficient (Wildman–Crippen LogP) is 3.26. The fourth-order valence-electron chi connectivity index (χ4n) is 1.65. The molecule has 0 aliphatic heterocycles. The molecular weight excluding hydrogens is 228 g/mol. The average Bonchev–Trinajstić information content (AvgIpc) is 2.38. The molecule has 2 N–H and O–H groups in total. The van der Waals surface area contributed by atoms with Crippen LogP contribution in [0.3, 0.4) is 0 Å². The van der Waals surface area contributed by atoms with E-state index in [1.165, 1.54) is 0 Å². The van der Waals surface area contributed by atoms with Gasteiger partial charge in [0.2, 0.25) is 0 Å². The molecule has 0 atom stereocenters. The Balaban J connectivity index is 2.35.